The van der Waals surface area contributed by atoms with E-state index in [2.05, 4.69) is 27.7 Å². The zero-order valence-corrected chi connectivity index (χ0v) is 14.4. The third-order valence-corrected chi connectivity index (χ3v) is 8.34. The molecular weight excluding hydrogens is 302 g/mol. The number of carbonyl (C=O) groups is 2. The summed E-state index contributed by atoms with van der Waals surface area (Å²) in [7, 11) is -0.420. The van der Waals surface area contributed by atoms with Crippen LogP contribution in [0.15, 0.2) is 0 Å². The summed E-state index contributed by atoms with van der Waals surface area (Å²) >= 11 is 0. The van der Waals surface area contributed by atoms with Gasteiger partial charge >= 0.3 is 0 Å². The van der Waals surface area contributed by atoms with Gasteiger partial charge in [0.1, 0.15) is 5.97 Å². The molecule has 16 heavy (non-hydrogen) atoms. The molecule has 0 aromatic rings. The van der Waals surface area contributed by atoms with Crippen molar-refractivity contribution in [2.45, 2.75) is 34.6 Å². The monoisotopic (exact) mass is 324 g/mol. The molecule has 0 atom stereocenters. The molecule has 0 N–H and O–H groups in total. The topological polar surface area (TPSA) is 57.2 Å². The van der Waals surface area contributed by atoms with Gasteiger partial charge in [-0.15, -0.1) is 0 Å². The van der Waals surface area contributed by atoms with Crippen molar-refractivity contribution in [2.75, 3.05) is 24.6 Å². The Kier molecular flexibility index (Phi) is 16.2. The molecule has 0 rings (SSSR count). The molecule has 0 saturated carbocycles. The molecule has 0 aromatic carbocycles. The van der Waals surface area contributed by atoms with E-state index in [1.54, 1.807) is 0 Å². The van der Waals surface area contributed by atoms with Crippen molar-refractivity contribution in [1.29, 1.82) is 0 Å². The summed E-state index contributed by atoms with van der Waals surface area (Å²) in [5, 5.41) is 9.24. The van der Waals surface area contributed by atoms with Gasteiger partial charge in [-0.25, -0.2) is 0 Å². The number of rotatable bonds is 5. The number of carboxylic acid groups (broad SMARTS) is 1. The minimum atomic E-state index is -1.63. The Morgan fingerprint density at radius 3 is 1.12 bits per heavy atom. The summed E-state index contributed by atoms with van der Waals surface area (Å²) in [4.78, 5) is 18.7. The average molecular weight is 325 g/mol. The summed E-state index contributed by atoms with van der Waals surface area (Å²) in [6, 6.07) is 0. The van der Waals surface area contributed by atoms with Crippen LogP contribution in [0, 0.1) is 0 Å². The number of aliphatic carboxylic acids is 1. The number of carbonyl (C=O) groups excluding carboxylic acids is 2. The average Bonchev–Trinajstić information content (AvgIpc) is 2.23. The van der Waals surface area contributed by atoms with Crippen LogP contribution in [0.2, 0.25) is 0 Å². The van der Waals surface area contributed by atoms with Gasteiger partial charge in [-0.05, 0) is 27.7 Å². The molecule has 0 saturated heterocycles. The molecule has 5 heteroatoms. The van der Waals surface area contributed by atoms with Crippen molar-refractivity contribution in [3.8, 4) is 0 Å². The van der Waals surface area contributed by atoms with Gasteiger partial charge < -0.3 is 9.90 Å². The molecule has 0 aliphatic rings. The maximum atomic E-state index is 9.48. The number of Topliss-reactive ketones (excluding diaryl/α,β-unsaturated/α-hetero) is 1. The fourth-order valence-electron chi connectivity index (χ4n) is 1.34. The number of carboxylic acids is 1. The van der Waals surface area contributed by atoms with Gasteiger partial charge in [0.05, 0.1) is 24.6 Å². The first-order valence-corrected chi connectivity index (χ1v) is 7.99. The maximum absolute atomic E-state index is 9.48. The van der Waals surface area contributed by atoms with Crippen molar-refractivity contribution in [3.05, 3.63) is 0 Å². The van der Waals surface area contributed by atoms with Crippen molar-refractivity contribution in [3.63, 3.8) is 0 Å². The van der Waals surface area contributed by atoms with E-state index in [-0.39, 0.29) is 26.2 Å². The first-order chi connectivity index (χ1) is 6.89. The fraction of sp³-hybridized carbons (Fsp3) is 0.818. The van der Waals surface area contributed by atoms with Crippen molar-refractivity contribution in [1.82, 2.24) is 0 Å². The Morgan fingerprint density at radius 2 is 1.12 bits per heavy atom. The molecule has 0 aromatic heterocycles. The molecular formula is C11H23O3PZr. The van der Waals surface area contributed by atoms with Gasteiger partial charge in [0, 0.05) is 40.4 Å². The van der Waals surface area contributed by atoms with E-state index in [9.17, 15) is 14.7 Å². The Labute approximate surface area is 119 Å². The Hall–Kier alpha value is 0.453. The third kappa shape index (κ3) is 9.66. The molecule has 0 aliphatic carbocycles. The molecule has 0 fully saturated rings. The first kappa shape index (κ1) is 21.7. The van der Waals surface area contributed by atoms with E-state index < -0.39 is 19.0 Å². The van der Waals surface area contributed by atoms with E-state index in [0.717, 1.165) is 6.92 Å². The van der Waals surface area contributed by atoms with Crippen LogP contribution in [0.1, 0.15) is 34.6 Å². The predicted octanol–water partition coefficient (Wildman–Crippen LogP) is 1.41. The maximum Gasteiger partial charge on any atom is 0.175 e. The second kappa shape index (κ2) is 11.9. The van der Waals surface area contributed by atoms with E-state index in [1.165, 1.54) is 24.6 Å². The normalized spacial score (nSPS) is 9.56. The van der Waals surface area contributed by atoms with Crippen LogP contribution in [-0.2, 0) is 35.8 Å². The predicted molar refractivity (Wildman–Crippen MR) is 64.8 cm³/mol. The molecule has 0 spiro atoms. The zero-order valence-electron chi connectivity index (χ0n) is 11.0. The quantitative estimate of drug-likeness (QED) is 0.567. The summed E-state index contributed by atoms with van der Waals surface area (Å²) in [5.74, 6) is -2.56. The molecule has 0 heterocycles. The minimum absolute atomic E-state index is 0. The van der Waals surface area contributed by atoms with Gasteiger partial charge in [0.2, 0.25) is 0 Å². The van der Waals surface area contributed by atoms with Crippen LogP contribution in [0.3, 0.4) is 0 Å². The molecule has 0 bridgehead atoms. The van der Waals surface area contributed by atoms with Crippen molar-refractivity contribution in [2.24, 2.45) is 0 Å². The molecule has 0 unspecified atom stereocenters. The first-order valence-electron chi connectivity index (χ1n) is 5.46. The second-order valence-electron chi connectivity index (χ2n) is 3.45. The van der Waals surface area contributed by atoms with E-state index >= 15 is 0 Å². The minimum Gasteiger partial charge on any atom is -0.542 e. The van der Waals surface area contributed by atoms with Gasteiger partial charge in [-0.1, -0.05) is 0 Å². The Bertz CT molecular complexity index is 174. The molecule has 0 aliphatic heterocycles. The van der Waals surface area contributed by atoms with Gasteiger partial charge in [0.25, 0.3) is 0 Å². The third-order valence-electron chi connectivity index (χ3n) is 2.97. The molecule has 3 nitrogen and oxygen atoms in total. The van der Waals surface area contributed by atoms with E-state index in [1.807, 2.05) is 0 Å². The molecule has 94 valence electrons. The van der Waals surface area contributed by atoms with E-state index in [0.29, 0.717) is 0 Å². The van der Waals surface area contributed by atoms with Crippen LogP contribution < -0.4 is 5.11 Å². The van der Waals surface area contributed by atoms with Crippen molar-refractivity contribution >= 4 is 19.0 Å². The smallest absolute Gasteiger partial charge is 0.175 e. The number of ketones is 1. The Balaban J connectivity index is -0.000000214. The van der Waals surface area contributed by atoms with Crippen molar-refractivity contribution < 1.29 is 40.9 Å². The number of hydrogen-bond acceptors (Lipinski definition) is 3. The fourth-order valence-corrected chi connectivity index (χ4v) is 4.02. The molecule has 0 amide bonds. The van der Waals surface area contributed by atoms with Crippen LogP contribution in [0.5, 0.6) is 0 Å². The summed E-state index contributed by atoms with van der Waals surface area (Å²) in [6.07, 6.45) is 5.82. The second-order valence-corrected chi connectivity index (χ2v) is 8.66. The van der Waals surface area contributed by atoms with Crippen LogP contribution >= 0.6 is 7.26 Å². The van der Waals surface area contributed by atoms with Crippen LogP contribution in [0.4, 0.5) is 0 Å². The standard InChI is InChI=1S/C8H20P.C3H4O3.Zr/c1-5-9(6-2,7-3)8-4;1-2(4)3(5)6;/h5-8H2,1-4H3;1H3,(H,5,6);/q+1;;/p-1. The molecule has 0 radical (unpaired) electrons. The van der Waals surface area contributed by atoms with Crippen LogP contribution in [-0.4, -0.2) is 36.4 Å². The zero-order chi connectivity index (χ0) is 12.5. The summed E-state index contributed by atoms with van der Waals surface area (Å²) in [6.45, 7) is 10.3. The van der Waals surface area contributed by atoms with Gasteiger partial charge in [0.15, 0.2) is 5.78 Å². The van der Waals surface area contributed by atoms with E-state index in [4.69, 9.17) is 0 Å². The van der Waals surface area contributed by atoms with Gasteiger partial charge in [-0.2, -0.15) is 0 Å². The largest absolute Gasteiger partial charge is 0.542 e. The van der Waals surface area contributed by atoms with Crippen LogP contribution in [0.25, 0.3) is 0 Å². The Morgan fingerprint density at radius 1 is 0.938 bits per heavy atom. The van der Waals surface area contributed by atoms with Gasteiger partial charge in [-0.3, -0.25) is 4.79 Å². The summed E-state index contributed by atoms with van der Waals surface area (Å²) in [5.41, 5.74) is 0. The number of hydrogen-bond donors (Lipinski definition) is 0. The summed E-state index contributed by atoms with van der Waals surface area (Å²) < 4.78 is 0. The SMILES string of the molecule is CC(=O)C(=O)[O-].CC[P+](CC)(CC)CC.[Zr].